The number of carboxylic acid groups (broad SMARTS) is 1. The predicted molar refractivity (Wildman–Crippen MR) is 81.9 cm³/mol. The van der Waals surface area contributed by atoms with E-state index in [4.69, 9.17) is 9.84 Å². The zero-order valence-electron chi connectivity index (χ0n) is 12.5. The molecule has 25 heavy (non-hydrogen) atoms. The van der Waals surface area contributed by atoms with Crippen LogP contribution in [0.3, 0.4) is 0 Å². The summed E-state index contributed by atoms with van der Waals surface area (Å²) < 4.78 is 34.9. The third kappa shape index (κ3) is 3.71. The molecule has 0 saturated carbocycles. The molecule has 0 aliphatic heterocycles. The molecule has 2 N–H and O–H groups in total. The molecule has 128 valence electrons. The highest BCUT2D eigenvalue weighted by molar-refractivity contribution is 5.87. The van der Waals surface area contributed by atoms with E-state index in [9.17, 15) is 13.6 Å². The Morgan fingerprint density at radius 3 is 2.52 bits per heavy atom. The highest BCUT2D eigenvalue weighted by atomic mass is 19.3. The van der Waals surface area contributed by atoms with E-state index >= 15 is 0 Å². The number of hydrogen-bond acceptors (Lipinski definition) is 5. The second-order valence-corrected chi connectivity index (χ2v) is 4.80. The number of rotatable bonds is 6. The van der Waals surface area contributed by atoms with Crippen molar-refractivity contribution in [3.05, 3.63) is 54.2 Å². The first-order valence-electron chi connectivity index (χ1n) is 7.01. The van der Waals surface area contributed by atoms with Crippen LogP contribution in [-0.4, -0.2) is 33.1 Å². The largest absolute Gasteiger partial charge is 0.476 e. The molecule has 3 aromatic rings. The van der Waals surface area contributed by atoms with Crippen LogP contribution in [0.25, 0.3) is 11.1 Å². The van der Waals surface area contributed by atoms with Gasteiger partial charge in [0.15, 0.2) is 0 Å². The van der Waals surface area contributed by atoms with Gasteiger partial charge in [-0.3, -0.25) is 0 Å². The second kappa shape index (κ2) is 6.95. The van der Waals surface area contributed by atoms with Gasteiger partial charge in [0, 0.05) is 5.56 Å². The van der Waals surface area contributed by atoms with E-state index in [-0.39, 0.29) is 17.3 Å². The van der Waals surface area contributed by atoms with Gasteiger partial charge in [0.1, 0.15) is 11.5 Å². The van der Waals surface area contributed by atoms with Crippen molar-refractivity contribution in [3.8, 4) is 28.5 Å². The lowest BCUT2D eigenvalue weighted by Gasteiger charge is -2.11. The minimum Gasteiger partial charge on any atom is -0.476 e. The van der Waals surface area contributed by atoms with Gasteiger partial charge in [0.2, 0.25) is 5.69 Å². The fourth-order valence-corrected chi connectivity index (χ4v) is 2.15. The van der Waals surface area contributed by atoms with Crippen molar-refractivity contribution in [1.29, 1.82) is 0 Å². The topological polar surface area (TPSA) is 97.3 Å². The number of nitrogens with zero attached hydrogens (tertiary/aromatic N) is 2. The Hall–Kier alpha value is -3.49. The van der Waals surface area contributed by atoms with E-state index in [1.54, 1.807) is 42.5 Å². The molecular weight excluding hydrogens is 336 g/mol. The number of aromatic carboxylic acids is 1. The van der Waals surface area contributed by atoms with Crippen LogP contribution < -0.4 is 9.47 Å². The average Bonchev–Trinajstić information content (AvgIpc) is 3.04. The van der Waals surface area contributed by atoms with Crippen LogP contribution in [0.2, 0.25) is 0 Å². The number of halogens is 2. The van der Waals surface area contributed by atoms with Gasteiger partial charge in [-0.2, -0.15) is 8.78 Å². The van der Waals surface area contributed by atoms with Crippen molar-refractivity contribution in [2.75, 3.05) is 0 Å². The van der Waals surface area contributed by atoms with Crippen LogP contribution in [0.15, 0.2) is 48.5 Å². The zero-order chi connectivity index (χ0) is 17.8. The van der Waals surface area contributed by atoms with Gasteiger partial charge in [-0.05, 0) is 23.8 Å². The molecule has 0 atom stereocenters. The fourth-order valence-electron chi connectivity index (χ4n) is 2.15. The lowest BCUT2D eigenvalue weighted by atomic mass is 10.0. The Balaban J connectivity index is 1.84. The maximum Gasteiger partial charge on any atom is 0.387 e. The molecule has 3 rings (SSSR count). The third-order valence-electron chi connectivity index (χ3n) is 3.21. The maximum atomic E-state index is 12.5. The number of nitrogens with one attached hydrogen (secondary N) is 1. The van der Waals surface area contributed by atoms with Crippen molar-refractivity contribution >= 4 is 5.97 Å². The number of benzene rings is 2. The molecule has 0 unspecified atom stereocenters. The summed E-state index contributed by atoms with van der Waals surface area (Å²) in [7, 11) is 0. The molecule has 0 aliphatic rings. The summed E-state index contributed by atoms with van der Waals surface area (Å²) in [5, 5.41) is 18.1. The van der Waals surface area contributed by atoms with E-state index in [0.717, 1.165) is 0 Å². The Kier molecular flexibility index (Phi) is 4.55. The normalized spacial score (nSPS) is 10.7. The summed E-state index contributed by atoms with van der Waals surface area (Å²) in [5.41, 5.74) is 0.772. The van der Waals surface area contributed by atoms with Gasteiger partial charge in [-0.15, -0.1) is 5.10 Å². The van der Waals surface area contributed by atoms with E-state index in [1.807, 2.05) is 0 Å². The fraction of sp³-hybridized carbons (Fsp3) is 0.0625. The molecule has 0 saturated heterocycles. The molecule has 0 amide bonds. The maximum absolute atomic E-state index is 12.5. The van der Waals surface area contributed by atoms with Crippen LogP contribution in [0.4, 0.5) is 8.78 Å². The van der Waals surface area contributed by atoms with Gasteiger partial charge >= 0.3 is 12.6 Å². The molecule has 1 aromatic heterocycles. The number of H-pyrrole nitrogens is 1. The van der Waals surface area contributed by atoms with Crippen LogP contribution in [0.5, 0.6) is 17.4 Å². The zero-order valence-corrected chi connectivity index (χ0v) is 12.5. The van der Waals surface area contributed by atoms with E-state index in [2.05, 4.69) is 20.1 Å². The van der Waals surface area contributed by atoms with Crippen molar-refractivity contribution in [2.24, 2.45) is 0 Å². The molecule has 0 radical (unpaired) electrons. The summed E-state index contributed by atoms with van der Waals surface area (Å²) >= 11 is 0. The Morgan fingerprint density at radius 2 is 1.84 bits per heavy atom. The molecule has 1 heterocycles. The second-order valence-electron chi connectivity index (χ2n) is 4.80. The van der Waals surface area contributed by atoms with Gasteiger partial charge in [-0.25, -0.2) is 9.89 Å². The minimum atomic E-state index is -2.92. The molecular formula is C16H11F2N3O4. The number of ether oxygens (including phenoxy) is 2. The van der Waals surface area contributed by atoms with Crippen LogP contribution in [-0.2, 0) is 0 Å². The Bertz CT molecular complexity index is 881. The molecule has 9 heteroatoms. The lowest BCUT2D eigenvalue weighted by Crippen LogP contribution is -2.03. The molecule has 0 fully saturated rings. The van der Waals surface area contributed by atoms with Gasteiger partial charge in [-0.1, -0.05) is 35.5 Å². The third-order valence-corrected chi connectivity index (χ3v) is 3.21. The molecule has 2 aromatic carbocycles. The number of alkyl halides is 2. The number of carbonyl (C=O) groups is 1. The molecule has 0 aliphatic carbocycles. The number of hydrogen-bond donors (Lipinski definition) is 2. The highest BCUT2D eigenvalue weighted by Gasteiger charge is 2.17. The summed E-state index contributed by atoms with van der Waals surface area (Å²) in [4.78, 5) is 11.0. The van der Waals surface area contributed by atoms with Gasteiger partial charge in [0.25, 0.3) is 5.88 Å². The summed E-state index contributed by atoms with van der Waals surface area (Å²) in [6.45, 7) is -2.92. The first-order chi connectivity index (χ1) is 12.0. The summed E-state index contributed by atoms with van der Waals surface area (Å²) in [5.74, 6) is -1.01. The van der Waals surface area contributed by atoms with Crippen molar-refractivity contribution < 1.29 is 28.2 Å². The SMILES string of the molecule is O=C(O)c1nn[nH]c1Oc1ccc(-c2ccccc2OC(F)F)cc1. The number of aromatic nitrogens is 3. The summed E-state index contributed by atoms with van der Waals surface area (Å²) in [6.07, 6.45) is 0. The first-order valence-corrected chi connectivity index (χ1v) is 7.01. The Morgan fingerprint density at radius 1 is 1.12 bits per heavy atom. The van der Waals surface area contributed by atoms with Crippen molar-refractivity contribution in [1.82, 2.24) is 15.4 Å². The lowest BCUT2D eigenvalue weighted by molar-refractivity contribution is -0.0494. The molecule has 0 spiro atoms. The smallest absolute Gasteiger partial charge is 0.387 e. The van der Waals surface area contributed by atoms with E-state index in [0.29, 0.717) is 16.9 Å². The first kappa shape index (κ1) is 16.4. The van der Waals surface area contributed by atoms with Crippen LogP contribution in [0.1, 0.15) is 10.5 Å². The predicted octanol–water partition coefficient (Wildman–Crippen LogP) is 3.56. The average molecular weight is 347 g/mol. The number of carboxylic acids is 1. The van der Waals surface area contributed by atoms with Crippen molar-refractivity contribution in [3.63, 3.8) is 0 Å². The van der Waals surface area contributed by atoms with Crippen molar-refractivity contribution in [2.45, 2.75) is 6.61 Å². The molecule has 0 bridgehead atoms. The highest BCUT2D eigenvalue weighted by Crippen LogP contribution is 2.32. The molecule has 7 nitrogen and oxygen atoms in total. The van der Waals surface area contributed by atoms with Gasteiger partial charge in [0.05, 0.1) is 0 Å². The van der Waals surface area contributed by atoms with Crippen LogP contribution in [0, 0.1) is 0 Å². The number of para-hydroxylation sites is 1. The van der Waals surface area contributed by atoms with Crippen LogP contribution >= 0.6 is 0 Å². The van der Waals surface area contributed by atoms with E-state index in [1.165, 1.54) is 6.07 Å². The number of aromatic amines is 1. The minimum absolute atomic E-state index is 0.0529. The summed E-state index contributed by atoms with van der Waals surface area (Å²) in [6, 6.07) is 12.8. The van der Waals surface area contributed by atoms with E-state index < -0.39 is 12.6 Å². The quantitative estimate of drug-likeness (QED) is 0.707. The standard InChI is InChI=1S/C16H11F2N3O4/c17-16(18)25-12-4-2-1-3-11(12)9-5-7-10(8-6-9)24-14-13(15(22)23)19-21-20-14/h1-8,16H,(H,22,23)(H,19,20,21). The monoisotopic (exact) mass is 347 g/mol. The van der Waals surface area contributed by atoms with Gasteiger partial charge < -0.3 is 14.6 Å². The Labute approximate surface area is 139 Å².